The van der Waals surface area contributed by atoms with Gasteiger partial charge in [0.15, 0.2) is 0 Å². The van der Waals surface area contributed by atoms with Crippen LogP contribution in [-0.4, -0.2) is 12.2 Å². The summed E-state index contributed by atoms with van der Waals surface area (Å²) < 4.78 is 5.21. The van der Waals surface area contributed by atoms with E-state index >= 15 is 0 Å². The Kier molecular flexibility index (Phi) is 5.07. The van der Waals surface area contributed by atoms with Gasteiger partial charge in [0.25, 0.3) is 0 Å². The van der Waals surface area contributed by atoms with E-state index < -0.39 is 6.10 Å². The van der Waals surface area contributed by atoms with E-state index in [0.29, 0.717) is 11.8 Å². The predicted molar refractivity (Wildman–Crippen MR) is 89.6 cm³/mol. The fourth-order valence-corrected chi connectivity index (χ4v) is 3.30. The van der Waals surface area contributed by atoms with E-state index in [1.165, 1.54) is 22.5 Å². The van der Waals surface area contributed by atoms with E-state index in [2.05, 4.69) is 45.9 Å². The highest BCUT2D eigenvalue weighted by atomic mass is 32.1. The lowest BCUT2D eigenvalue weighted by Crippen LogP contribution is -2.05. The summed E-state index contributed by atoms with van der Waals surface area (Å²) >= 11 is 1.53. The van der Waals surface area contributed by atoms with Crippen LogP contribution in [-0.2, 0) is 0 Å². The zero-order valence-electron chi connectivity index (χ0n) is 13.4. The van der Waals surface area contributed by atoms with Crippen LogP contribution in [0.25, 0.3) is 0 Å². The summed E-state index contributed by atoms with van der Waals surface area (Å²) in [7, 11) is 1.65. The van der Waals surface area contributed by atoms with Crippen molar-refractivity contribution in [2.24, 2.45) is 0 Å². The molecular formula is C18H24O2S. The number of aliphatic hydroxyl groups is 1. The normalized spacial score (nSPS) is 13.0. The number of thiophene rings is 1. The fraction of sp³-hybridized carbons (Fsp3) is 0.444. The van der Waals surface area contributed by atoms with Gasteiger partial charge in [-0.15, -0.1) is 11.3 Å². The number of aliphatic hydroxyl groups excluding tert-OH is 1. The van der Waals surface area contributed by atoms with E-state index in [9.17, 15) is 5.11 Å². The highest BCUT2D eigenvalue weighted by Gasteiger charge is 2.19. The van der Waals surface area contributed by atoms with Gasteiger partial charge >= 0.3 is 0 Å². The summed E-state index contributed by atoms with van der Waals surface area (Å²) in [5.41, 5.74) is 3.54. The number of benzene rings is 1. The van der Waals surface area contributed by atoms with Gasteiger partial charge in [-0.2, -0.15) is 0 Å². The Morgan fingerprint density at radius 3 is 2.24 bits per heavy atom. The van der Waals surface area contributed by atoms with Crippen LogP contribution >= 0.6 is 11.3 Å². The molecule has 0 spiro atoms. The summed E-state index contributed by atoms with van der Waals surface area (Å²) in [5, 5.41) is 12.6. The van der Waals surface area contributed by atoms with Crippen LogP contribution in [0.2, 0.25) is 0 Å². The van der Waals surface area contributed by atoms with Crippen molar-refractivity contribution in [2.75, 3.05) is 7.11 Å². The molecule has 2 rings (SSSR count). The maximum Gasteiger partial charge on any atom is 0.129 e. The molecule has 0 aliphatic rings. The van der Waals surface area contributed by atoms with Crippen LogP contribution in [0.3, 0.4) is 0 Å². The third kappa shape index (κ3) is 3.47. The number of methoxy groups -OCH3 is 1. The van der Waals surface area contributed by atoms with E-state index in [-0.39, 0.29) is 0 Å². The third-order valence-corrected chi connectivity index (χ3v) is 4.76. The molecule has 1 atom stereocenters. The average Bonchev–Trinajstić information content (AvgIpc) is 2.94. The van der Waals surface area contributed by atoms with Crippen molar-refractivity contribution in [1.82, 2.24) is 0 Å². The monoisotopic (exact) mass is 304 g/mol. The zero-order valence-corrected chi connectivity index (χ0v) is 14.2. The number of hydrogen-bond acceptors (Lipinski definition) is 3. The molecular weight excluding hydrogens is 280 g/mol. The number of hydrogen-bond donors (Lipinski definition) is 1. The van der Waals surface area contributed by atoms with Gasteiger partial charge in [-0.1, -0.05) is 45.9 Å². The average molecular weight is 304 g/mol. The van der Waals surface area contributed by atoms with Crippen molar-refractivity contribution < 1.29 is 9.84 Å². The number of rotatable bonds is 5. The molecule has 2 aromatic rings. The molecule has 1 heterocycles. The Morgan fingerprint density at radius 1 is 1.00 bits per heavy atom. The largest absolute Gasteiger partial charge is 0.496 e. The summed E-state index contributed by atoms with van der Waals surface area (Å²) in [6.07, 6.45) is -0.586. The Morgan fingerprint density at radius 2 is 1.71 bits per heavy atom. The highest BCUT2D eigenvalue weighted by molar-refractivity contribution is 7.10. The Balaban J connectivity index is 2.42. The Labute approximate surface area is 131 Å². The first-order chi connectivity index (χ1) is 9.93. The maximum atomic E-state index is 10.7. The van der Waals surface area contributed by atoms with Gasteiger partial charge in [0.2, 0.25) is 0 Å². The molecule has 21 heavy (non-hydrogen) atoms. The molecule has 1 aromatic carbocycles. The van der Waals surface area contributed by atoms with Crippen LogP contribution in [0.15, 0.2) is 29.6 Å². The molecule has 2 nitrogen and oxygen atoms in total. The van der Waals surface area contributed by atoms with Crippen LogP contribution < -0.4 is 4.74 Å². The smallest absolute Gasteiger partial charge is 0.129 e. The Bertz CT molecular complexity index is 599. The molecule has 0 bridgehead atoms. The molecule has 0 saturated heterocycles. The predicted octanol–water partition coefficient (Wildman–Crippen LogP) is 5.09. The quantitative estimate of drug-likeness (QED) is 0.834. The summed E-state index contributed by atoms with van der Waals surface area (Å²) in [5.74, 6) is 1.68. The minimum Gasteiger partial charge on any atom is -0.496 e. The molecule has 1 N–H and O–H groups in total. The minimum atomic E-state index is -0.586. The van der Waals surface area contributed by atoms with Gasteiger partial charge < -0.3 is 9.84 Å². The molecule has 1 unspecified atom stereocenters. The van der Waals surface area contributed by atoms with E-state index in [0.717, 1.165) is 16.2 Å². The molecule has 0 saturated carbocycles. The third-order valence-electron chi connectivity index (χ3n) is 3.79. The van der Waals surface area contributed by atoms with Gasteiger partial charge in [-0.3, -0.25) is 0 Å². The van der Waals surface area contributed by atoms with Gasteiger partial charge in [0.1, 0.15) is 11.9 Å². The first-order valence-electron chi connectivity index (χ1n) is 7.38. The second kappa shape index (κ2) is 6.63. The second-order valence-electron chi connectivity index (χ2n) is 5.99. The minimum absolute atomic E-state index is 0.384. The molecule has 0 aliphatic carbocycles. The van der Waals surface area contributed by atoms with Crippen LogP contribution in [0.4, 0.5) is 0 Å². The van der Waals surface area contributed by atoms with Gasteiger partial charge in [0.05, 0.1) is 7.11 Å². The van der Waals surface area contributed by atoms with E-state index in [1.807, 2.05) is 11.4 Å². The zero-order chi connectivity index (χ0) is 15.6. The molecule has 1 aromatic heterocycles. The first kappa shape index (κ1) is 16.1. The topological polar surface area (TPSA) is 29.5 Å². The summed E-state index contributed by atoms with van der Waals surface area (Å²) in [6.45, 7) is 8.73. The van der Waals surface area contributed by atoms with Crippen molar-refractivity contribution in [2.45, 2.75) is 45.6 Å². The van der Waals surface area contributed by atoms with Gasteiger partial charge in [0, 0.05) is 10.3 Å². The van der Waals surface area contributed by atoms with Gasteiger partial charge in [-0.05, 0) is 34.6 Å². The molecule has 0 aliphatic heterocycles. The van der Waals surface area contributed by atoms with Crippen LogP contribution in [0, 0.1) is 0 Å². The highest BCUT2D eigenvalue weighted by Crippen LogP contribution is 2.35. The summed E-state index contributed by atoms with van der Waals surface area (Å²) in [6, 6.07) is 8.34. The SMILES string of the molecule is COc1csc(C(O)c2ccc(C(C)C)cc2C(C)C)c1. The van der Waals surface area contributed by atoms with Crippen molar-refractivity contribution in [3.05, 3.63) is 51.2 Å². The van der Waals surface area contributed by atoms with Gasteiger partial charge in [-0.25, -0.2) is 0 Å². The maximum absolute atomic E-state index is 10.7. The van der Waals surface area contributed by atoms with Crippen LogP contribution in [0.5, 0.6) is 5.75 Å². The lowest BCUT2D eigenvalue weighted by molar-refractivity contribution is 0.222. The van der Waals surface area contributed by atoms with Crippen molar-refractivity contribution in [1.29, 1.82) is 0 Å². The molecule has 3 heteroatoms. The van der Waals surface area contributed by atoms with E-state index in [1.54, 1.807) is 7.11 Å². The van der Waals surface area contributed by atoms with E-state index in [4.69, 9.17) is 4.74 Å². The van der Waals surface area contributed by atoms with Crippen molar-refractivity contribution in [3.8, 4) is 5.75 Å². The molecule has 0 fully saturated rings. The molecule has 0 amide bonds. The van der Waals surface area contributed by atoms with Crippen molar-refractivity contribution in [3.63, 3.8) is 0 Å². The molecule has 114 valence electrons. The second-order valence-corrected chi connectivity index (χ2v) is 6.93. The Hall–Kier alpha value is -1.32. The lowest BCUT2D eigenvalue weighted by Gasteiger charge is -2.19. The van der Waals surface area contributed by atoms with Crippen molar-refractivity contribution >= 4 is 11.3 Å². The summed E-state index contributed by atoms with van der Waals surface area (Å²) in [4.78, 5) is 0.922. The first-order valence-corrected chi connectivity index (χ1v) is 8.26. The van der Waals surface area contributed by atoms with Crippen LogP contribution in [0.1, 0.15) is 67.2 Å². The lowest BCUT2D eigenvalue weighted by atomic mass is 9.89. The molecule has 0 radical (unpaired) electrons. The fourth-order valence-electron chi connectivity index (χ4n) is 2.44. The number of ether oxygens (including phenoxy) is 1. The standard InChI is InChI=1S/C18H24O2S/c1-11(2)13-6-7-15(16(8-13)12(3)4)18(19)17-9-14(20-5)10-21-17/h6-12,18-19H,1-5H3.